The summed E-state index contributed by atoms with van der Waals surface area (Å²) in [4.78, 5) is 0. The van der Waals surface area contributed by atoms with Crippen LogP contribution < -0.4 is 0 Å². The maximum Gasteiger partial charge on any atom is 0.0645 e. The Morgan fingerprint density at radius 2 is 2.12 bits per heavy atom. The fourth-order valence-electron chi connectivity index (χ4n) is 2.18. The van der Waals surface area contributed by atoms with Gasteiger partial charge in [-0.3, -0.25) is 0 Å². The highest BCUT2D eigenvalue weighted by Gasteiger charge is 2.27. The predicted molar refractivity (Wildman–Crippen MR) is 64.8 cm³/mol. The maximum atomic E-state index is 8.80. The van der Waals surface area contributed by atoms with Gasteiger partial charge in [0.25, 0.3) is 0 Å². The largest absolute Gasteiger partial charge is 0.411 e. The number of benzene rings is 1. The Morgan fingerprint density at radius 3 is 2.65 bits per heavy atom. The zero-order valence-electron chi connectivity index (χ0n) is 9.32. The Labute approximate surface area is 99.2 Å². The third kappa shape index (κ3) is 1.71. The number of oxime groups is 1. The molecule has 1 fully saturated rings. The molecule has 0 amide bonds. The van der Waals surface area contributed by atoms with Crippen LogP contribution >= 0.6 is 0 Å². The third-order valence-corrected chi connectivity index (χ3v) is 3.28. The fraction of sp³-hybridized carbons (Fsp3) is 0.231. The van der Waals surface area contributed by atoms with E-state index < -0.39 is 0 Å². The van der Waals surface area contributed by atoms with Gasteiger partial charge in [-0.25, -0.2) is 4.68 Å². The molecule has 1 aromatic heterocycles. The standard InChI is InChI=1S/C13H13N3O/c17-15-13-7-6-12(13)10-2-4-11(5-3-10)16-9-1-8-14-16/h1-5,8-9,12,17H,6-7H2/b15-13+. The number of aromatic nitrogens is 2. The van der Waals surface area contributed by atoms with Crippen molar-refractivity contribution in [2.45, 2.75) is 18.8 Å². The molecule has 1 aliphatic rings. The molecule has 3 rings (SSSR count). The smallest absolute Gasteiger partial charge is 0.0645 e. The molecule has 1 heterocycles. The molecule has 2 aromatic rings. The lowest BCUT2D eigenvalue weighted by Crippen LogP contribution is -2.23. The Hall–Kier alpha value is -2.10. The molecule has 0 saturated heterocycles. The summed E-state index contributed by atoms with van der Waals surface area (Å²) >= 11 is 0. The topological polar surface area (TPSA) is 50.4 Å². The maximum absolute atomic E-state index is 8.80. The molecule has 1 aliphatic carbocycles. The van der Waals surface area contributed by atoms with Crippen molar-refractivity contribution in [2.24, 2.45) is 5.16 Å². The van der Waals surface area contributed by atoms with E-state index in [1.54, 1.807) is 6.20 Å². The minimum absolute atomic E-state index is 0.298. The van der Waals surface area contributed by atoms with Gasteiger partial charge >= 0.3 is 0 Å². The van der Waals surface area contributed by atoms with Crippen molar-refractivity contribution in [1.82, 2.24) is 9.78 Å². The van der Waals surface area contributed by atoms with E-state index in [-0.39, 0.29) is 0 Å². The first-order chi connectivity index (χ1) is 8.38. The minimum atomic E-state index is 0.298. The molecule has 4 heteroatoms. The van der Waals surface area contributed by atoms with E-state index in [0.717, 1.165) is 24.2 Å². The first kappa shape index (κ1) is 10.1. The van der Waals surface area contributed by atoms with Crippen molar-refractivity contribution in [3.8, 4) is 5.69 Å². The summed E-state index contributed by atoms with van der Waals surface area (Å²) < 4.78 is 1.82. The van der Waals surface area contributed by atoms with Gasteiger partial charge in [0.1, 0.15) is 0 Å². The van der Waals surface area contributed by atoms with E-state index in [1.807, 2.05) is 29.1 Å². The van der Waals surface area contributed by atoms with E-state index in [2.05, 4.69) is 22.4 Å². The zero-order valence-corrected chi connectivity index (χ0v) is 9.32. The molecule has 1 atom stereocenters. The van der Waals surface area contributed by atoms with Crippen LogP contribution in [0.15, 0.2) is 47.9 Å². The zero-order chi connectivity index (χ0) is 11.7. The highest BCUT2D eigenvalue weighted by atomic mass is 16.4. The van der Waals surface area contributed by atoms with Crippen molar-refractivity contribution in [1.29, 1.82) is 0 Å². The SMILES string of the molecule is O/N=C1\CCC1c1ccc(-n2cccn2)cc1. The van der Waals surface area contributed by atoms with Crippen LogP contribution in [0.4, 0.5) is 0 Å². The quantitative estimate of drug-likeness (QED) is 0.633. The summed E-state index contributed by atoms with van der Waals surface area (Å²) in [6, 6.07) is 10.1. The van der Waals surface area contributed by atoms with Crippen molar-refractivity contribution in [3.05, 3.63) is 48.3 Å². The highest BCUT2D eigenvalue weighted by Crippen LogP contribution is 2.34. The molecule has 4 nitrogen and oxygen atoms in total. The van der Waals surface area contributed by atoms with Gasteiger partial charge in [-0.05, 0) is 36.6 Å². The second kappa shape index (κ2) is 4.05. The van der Waals surface area contributed by atoms with Crippen molar-refractivity contribution >= 4 is 5.71 Å². The summed E-state index contributed by atoms with van der Waals surface area (Å²) in [5.74, 6) is 0.298. The lowest BCUT2D eigenvalue weighted by atomic mass is 9.78. The van der Waals surface area contributed by atoms with E-state index in [0.29, 0.717) is 5.92 Å². The lowest BCUT2D eigenvalue weighted by molar-refractivity contribution is 0.310. The molecule has 0 aliphatic heterocycles. The van der Waals surface area contributed by atoms with E-state index in [9.17, 15) is 0 Å². The van der Waals surface area contributed by atoms with Crippen LogP contribution in [0.2, 0.25) is 0 Å². The number of hydrogen-bond donors (Lipinski definition) is 1. The Morgan fingerprint density at radius 1 is 1.29 bits per heavy atom. The molecule has 86 valence electrons. The van der Waals surface area contributed by atoms with Crippen molar-refractivity contribution in [2.75, 3.05) is 0 Å². The van der Waals surface area contributed by atoms with Crippen molar-refractivity contribution in [3.63, 3.8) is 0 Å². The highest BCUT2D eigenvalue weighted by molar-refractivity contribution is 5.95. The summed E-state index contributed by atoms with van der Waals surface area (Å²) in [5, 5.41) is 16.3. The van der Waals surface area contributed by atoms with Gasteiger partial charge < -0.3 is 5.21 Å². The van der Waals surface area contributed by atoms with Crippen molar-refractivity contribution < 1.29 is 5.21 Å². The second-order valence-corrected chi connectivity index (χ2v) is 4.22. The number of hydrogen-bond acceptors (Lipinski definition) is 3. The average molecular weight is 227 g/mol. The third-order valence-electron chi connectivity index (χ3n) is 3.28. The molecular formula is C13H13N3O. The Bertz CT molecular complexity index is 528. The molecule has 0 radical (unpaired) electrons. The van der Waals surface area contributed by atoms with Crippen LogP contribution in [-0.4, -0.2) is 20.7 Å². The summed E-state index contributed by atoms with van der Waals surface area (Å²) in [5.41, 5.74) is 3.14. The van der Waals surface area contributed by atoms with Gasteiger partial charge in [0.15, 0.2) is 0 Å². The second-order valence-electron chi connectivity index (χ2n) is 4.22. The monoisotopic (exact) mass is 227 g/mol. The van der Waals surface area contributed by atoms with Crippen LogP contribution in [0.25, 0.3) is 5.69 Å². The van der Waals surface area contributed by atoms with Gasteiger partial charge in [-0.1, -0.05) is 17.3 Å². The molecule has 1 saturated carbocycles. The van der Waals surface area contributed by atoms with Crippen LogP contribution in [-0.2, 0) is 0 Å². The normalized spacial score (nSPS) is 21.4. The average Bonchev–Trinajstić information content (AvgIpc) is 2.83. The van der Waals surface area contributed by atoms with E-state index in [1.165, 1.54) is 5.56 Å². The van der Waals surface area contributed by atoms with Crippen LogP contribution in [0.3, 0.4) is 0 Å². The summed E-state index contributed by atoms with van der Waals surface area (Å²) in [6.07, 6.45) is 5.65. The van der Waals surface area contributed by atoms with E-state index in [4.69, 9.17) is 5.21 Å². The molecule has 0 spiro atoms. The van der Waals surface area contributed by atoms with E-state index >= 15 is 0 Å². The predicted octanol–water partition coefficient (Wildman–Crippen LogP) is 2.58. The number of rotatable bonds is 2. The lowest BCUT2D eigenvalue weighted by Gasteiger charge is -2.27. The molecule has 1 N–H and O–H groups in total. The first-order valence-electron chi connectivity index (χ1n) is 5.69. The molecule has 1 aromatic carbocycles. The fourth-order valence-corrected chi connectivity index (χ4v) is 2.18. The Balaban J connectivity index is 1.86. The van der Waals surface area contributed by atoms with Gasteiger partial charge in [0.2, 0.25) is 0 Å². The molecular weight excluding hydrogens is 214 g/mol. The van der Waals surface area contributed by atoms with Crippen LogP contribution in [0.5, 0.6) is 0 Å². The summed E-state index contributed by atoms with van der Waals surface area (Å²) in [7, 11) is 0. The van der Waals surface area contributed by atoms with Crippen LogP contribution in [0.1, 0.15) is 24.3 Å². The number of nitrogens with zero attached hydrogens (tertiary/aromatic N) is 3. The van der Waals surface area contributed by atoms with Gasteiger partial charge in [-0.2, -0.15) is 5.10 Å². The first-order valence-corrected chi connectivity index (χ1v) is 5.69. The van der Waals surface area contributed by atoms with Gasteiger partial charge in [0, 0.05) is 18.3 Å². The molecule has 17 heavy (non-hydrogen) atoms. The molecule has 1 unspecified atom stereocenters. The van der Waals surface area contributed by atoms with Gasteiger partial charge in [-0.15, -0.1) is 0 Å². The minimum Gasteiger partial charge on any atom is -0.411 e. The Kier molecular flexibility index (Phi) is 2.40. The van der Waals surface area contributed by atoms with Gasteiger partial charge in [0.05, 0.1) is 11.4 Å². The molecule has 0 bridgehead atoms. The summed E-state index contributed by atoms with van der Waals surface area (Å²) in [6.45, 7) is 0. The van der Waals surface area contributed by atoms with Crippen LogP contribution in [0, 0.1) is 0 Å².